The van der Waals surface area contributed by atoms with E-state index >= 15 is 0 Å². The van der Waals surface area contributed by atoms with Crippen LogP contribution in [0, 0.1) is 17.2 Å². The van der Waals surface area contributed by atoms with E-state index in [9.17, 15) is 5.26 Å². The van der Waals surface area contributed by atoms with Gasteiger partial charge in [0.05, 0.1) is 17.3 Å². The van der Waals surface area contributed by atoms with Crippen LogP contribution in [0.4, 0.5) is 0 Å². The van der Waals surface area contributed by atoms with E-state index in [0.717, 1.165) is 38.7 Å². The van der Waals surface area contributed by atoms with Crippen molar-refractivity contribution in [3.05, 3.63) is 90.1 Å². The second kappa shape index (κ2) is 7.98. The van der Waals surface area contributed by atoms with Crippen LogP contribution in [0.3, 0.4) is 0 Å². The highest BCUT2D eigenvalue weighted by molar-refractivity contribution is 7.26. The fourth-order valence-corrected chi connectivity index (χ4v) is 5.49. The lowest BCUT2D eigenvalue weighted by atomic mass is 9.98. The molecule has 0 amide bonds. The largest absolute Gasteiger partial charge is 0.256 e. The van der Waals surface area contributed by atoms with Gasteiger partial charge in [-0.05, 0) is 53.3 Å². The third-order valence-corrected chi connectivity index (χ3v) is 6.78. The van der Waals surface area contributed by atoms with Crippen LogP contribution in [0.5, 0.6) is 0 Å². The molecule has 0 aliphatic carbocycles. The zero-order valence-corrected chi connectivity index (χ0v) is 18.4. The molecule has 2 heterocycles. The highest BCUT2D eigenvalue weighted by Crippen LogP contribution is 2.42. The molecular formula is C28H22N2S. The van der Waals surface area contributed by atoms with Gasteiger partial charge in [0.1, 0.15) is 0 Å². The summed E-state index contributed by atoms with van der Waals surface area (Å²) >= 11 is 1.75. The molecule has 31 heavy (non-hydrogen) atoms. The number of pyridine rings is 1. The van der Waals surface area contributed by atoms with Gasteiger partial charge in [0.15, 0.2) is 0 Å². The predicted molar refractivity (Wildman–Crippen MR) is 131 cm³/mol. The molecule has 0 unspecified atom stereocenters. The standard InChI is InChI=1S/C28H22N2S/c1-18(2)14-19-12-13-30-25(15-19)23-10-9-22(17-29)27-24-11-8-21(16-26(24)31-28(23)27)20-6-4-3-5-7-20/h3-13,15-16,18H,14H2,1-2H3. The zero-order chi connectivity index (χ0) is 21.4. The monoisotopic (exact) mass is 418 g/mol. The van der Waals surface area contributed by atoms with Crippen LogP contribution in [0.2, 0.25) is 0 Å². The first-order valence-corrected chi connectivity index (χ1v) is 11.4. The second-order valence-corrected chi connectivity index (χ2v) is 9.36. The van der Waals surface area contributed by atoms with Crippen LogP contribution in [0.15, 0.2) is 79.0 Å². The van der Waals surface area contributed by atoms with E-state index in [4.69, 9.17) is 0 Å². The molecule has 0 radical (unpaired) electrons. The van der Waals surface area contributed by atoms with Crippen molar-refractivity contribution in [2.45, 2.75) is 20.3 Å². The van der Waals surface area contributed by atoms with Gasteiger partial charge in [0, 0.05) is 31.9 Å². The fourth-order valence-electron chi connectivity index (χ4n) is 4.20. The highest BCUT2D eigenvalue weighted by Gasteiger charge is 2.16. The molecular weight excluding hydrogens is 396 g/mol. The molecule has 3 heteroatoms. The van der Waals surface area contributed by atoms with Gasteiger partial charge in [-0.1, -0.05) is 62.4 Å². The number of aromatic nitrogens is 1. The lowest BCUT2D eigenvalue weighted by Crippen LogP contribution is -1.95. The average Bonchev–Trinajstić information content (AvgIpc) is 3.17. The number of hydrogen-bond acceptors (Lipinski definition) is 3. The van der Waals surface area contributed by atoms with Crippen molar-refractivity contribution < 1.29 is 0 Å². The van der Waals surface area contributed by atoms with E-state index in [0.29, 0.717) is 5.92 Å². The van der Waals surface area contributed by atoms with Crippen LogP contribution in [0.25, 0.3) is 42.6 Å². The summed E-state index contributed by atoms with van der Waals surface area (Å²) in [5, 5.41) is 12.0. The number of thiophene rings is 1. The SMILES string of the molecule is CC(C)Cc1ccnc(-c2ccc(C#N)c3c2sc2cc(-c4ccccc4)ccc23)c1. The molecule has 150 valence electrons. The molecule has 0 atom stereocenters. The minimum atomic E-state index is 0.594. The molecule has 3 aromatic carbocycles. The predicted octanol–water partition coefficient (Wildman–Crippen LogP) is 7.85. The Morgan fingerprint density at radius 1 is 0.935 bits per heavy atom. The quantitative estimate of drug-likeness (QED) is 0.298. The molecule has 0 aliphatic heterocycles. The first kappa shape index (κ1) is 19.5. The lowest BCUT2D eigenvalue weighted by Gasteiger charge is -2.08. The topological polar surface area (TPSA) is 36.7 Å². The van der Waals surface area contributed by atoms with Crippen molar-refractivity contribution in [3.63, 3.8) is 0 Å². The maximum absolute atomic E-state index is 9.79. The number of rotatable bonds is 4. The summed E-state index contributed by atoms with van der Waals surface area (Å²) in [6, 6.07) is 27.6. The van der Waals surface area contributed by atoms with Gasteiger partial charge in [-0.15, -0.1) is 11.3 Å². The normalized spacial score (nSPS) is 11.3. The lowest BCUT2D eigenvalue weighted by molar-refractivity contribution is 0.647. The van der Waals surface area contributed by atoms with Crippen molar-refractivity contribution in [3.8, 4) is 28.5 Å². The fraction of sp³-hybridized carbons (Fsp3) is 0.143. The maximum atomic E-state index is 9.79. The van der Waals surface area contributed by atoms with Crippen LogP contribution >= 0.6 is 11.3 Å². The van der Waals surface area contributed by atoms with E-state index < -0.39 is 0 Å². The summed E-state index contributed by atoms with van der Waals surface area (Å²) in [5.41, 5.74) is 6.48. The van der Waals surface area contributed by atoms with Crippen molar-refractivity contribution in [2.75, 3.05) is 0 Å². The molecule has 0 saturated heterocycles. The minimum absolute atomic E-state index is 0.594. The Bertz CT molecular complexity index is 1440. The molecule has 0 spiro atoms. The first-order chi connectivity index (χ1) is 15.1. The van der Waals surface area contributed by atoms with E-state index in [2.05, 4.69) is 85.6 Å². The van der Waals surface area contributed by atoms with E-state index in [1.54, 1.807) is 11.3 Å². The number of nitriles is 1. The molecule has 0 N–H and O–H groups in total. The Kier molecular flexibility index (Phi) is 5.02. The number of benzene rings is 3. The molecule has 0 saturated carbocycles. The smallest absolute Gasteiger partial charge is 0.0998 e. The van der Waals surface area contributed by atoms with Crippen molar-refractivity contribution in [2.24, 2.45) is 5.92 Å². The Balaban J connectivity index is 1.73. The van der Waals surface area contributed by atoms with E-state index in [-0.39, 0.29) is 0 Å². The van der Waals surface area contributed by atoms with Gasteiger partial charge in [0.25, 0.3) is 0 Å². The highest BCUT2D eigenvalue weighted by atomic mass is 32.1. The summed E-state index contributed by atoms with van der Waals surface area (Å²) in [6.45, 7) is 4.46. The van der Waals surface area contributed by atoms with Crippen LogP contribution in [-0.4, -0.2) is 4.98 Å². The summed E-state index contributed by atoms with van der Waals surface area (Å²) in [5.74, 6) is 0.594. The molecule has 0 bridgehead atoms. The second-order valence-electron chi connectivity index (χ2n) is 8.30. The Hall–Kier alpha value is -3.48. The van der Waals surface area contributed by atoms with E-state index in [1.165, 1.54) is 21.4 Å². The van der Waals surface area contributed by atoms with Gasteiger partial charge in [-0.3, -0.25) is 4.98 Å². The van der Waals surface area contributed by atoms with Crippen LogP contribution in [0.1, 0.15) is 25.0 Å². The molecule has 2 nitrogen and oxygen atoms in total. The van der Waals surface area contributed by atoms with Gasteiger partial charge in [-0.2, -0.15) is 5.26 Å². The average molecular weight is 419 g/mol. The third-order valence-electron chi connectivity index (χ3n) is 5.59. The molecule has 0 fully saturated rings. The Morgan fingerprint density at radius 3 is 2.55 bits per heavy atom. The maximum Gasteiger partial charge on any atom is 0.0998 e. The number of fused-ring (bicyclic) bond motifs is 3. The first-order valence-electron chi connectivity index (χ1n) is 10.5. The Morgan fingerprint density at radius 2 is 1.77 bits per heavy atom. The van der Waals surface area contributed by atoms with Gasteiger partial charge < -0.3 is 0 Å². The number of hydrogen-bond donors (Lipinski definition) is 0. The van der Waals surface area contributed by atoms with Crippen LogP contribution in [-0.2, 0) is 6.42 Å². The van der Waals surface area contributed by atoms with Crippen LogP contribution < -0.4 is 0 Å². The molecule has 5 aromatic rings. The van der Waals surface area contributed by atoms with Crippen molar-refractivity contribution in [1.82, 2.24) is 4.98 Å². The summed E-state index contributed by atoms with van der Waals surface area (Å²) < 4.78 is 2.33. The minimum Gasteiger partial charge on any atom is -0.256 e. The third kappa shape index (κ3) is 3.60. The molecule has 0 aliphatic rings. The van der Waals surface area contributed by atoms with Crippen molar-refractivity contribution >= 4 is 31.5 Å². The Labute approximate surface area is 186 Å². The summed E-state index contributed by atoms with van der Waals surface area (Å²) in [4.78, 5) is 4.68. The van der Waals surface area contributed by atoms with Gasteiger partial charge >= 0.3 is 0 Å². The summed E-state index contributed by atoms with van der Waals surface area (Å²) in [7, 11) is 0. The van der Waals surface area contributed by atoms with Gasteiger partial charge in [0.2, 0.25) is 0 Å². The number of nitrogens with zero attached hydrogens (tertiary/aromatic N) is 2. The zero-order valence-electron chi connectivity index (χ0n) is 17.6. The van der Waals surface area contributed by atoms with E-state index in [1.807, 2.05) is 18.3 Å². The summed E-state index contributed by atoms with van der Waals surface area (Å²) in [6.07, 6.45) is 2.93. The van der Waals surface area contributed by atoms with Crippen molar-refractivity contribution in [1.29, 1.82) is 5.26 Å². The molecule has 2 aromatic heterocycles. The molecule has 5 rings (SSSR count). The van der Waals surface area contributed by atoms with Gasteiger partial charge in [-0.25, -0.2) is 0 Å².